The minimum Gasteiger partial charge on any atom is -0.487 e. The number of sulfonamides is 1. The van der Waals surface area contributed by atoms with Crippen LogP contribution in [0.4, 0.5) is 13.2 Å². The fourth-order valence-electron chi connectivity index (χ4n) is 5.70. The second-order valence-corrected chi connectivity index (χ2v) is 16.5. The van der Waals surface area contributed by atoms with Crippen molar-refractivity contribution in [3.63, 3.8) is 0 Å². The molecule has 0 unspecified atom stereocenters. The first-order valence-electron chi connectivity index (χ1n) is 16.6. The van der Waals surface area contributed by atoms with E-state index in [4.69, 9.17) is 38.3 Å². The monoisotopic (exact) mass is 860 g/mol. The highest BCUT2D eigenvalue weighted by Gasteiger charge is 2.41. The number of hydrazone groups is 1. The summed E-state index contributed by atoms with van der Waals surface area (Å²) in [6.45, 7) is 1.57. The summed E-state index contributed by atoms with van der Waals surface area (Å²) in [7, 11) is -7.98. The minimum atomic E-state index is -4.63. The van der Waals surface area contributed by atoms with E-state index in [0.29, 0.717) is 24.7 Å². The Labute approximate surface area is 331 Å². The highest BCUT2D eigenvalue weighted by Crippen LogP contribution is 2.39. The van der Waals surface area contributed by atoms with E-state index in [0.717, 1.165) is 15.9 Å². The molecule has 1 aliphatic heterocycles. The number of nitrogens with two attached hydrogens (primary N) is 1. The Hall–Kier alpha value is -4.53. The number of alkyl halides is 3. The van der Waals surface area contributed by atoms with Gasteiger partial charge in [-0.25, -0.2) is 13.4 Å². The lowest BCUT2D eigenvalue weighted by Gasteiger charge is -2.24. The topological polar surface area (TPSA) is 210 Å². The van der Waals surface area contributed by atoms with Crippen molar-refractivity contribution in [3.8, 4) is 5.75 Å². The number of ether oxygens (including phenoxy) is 1. The molecular weight excluding hydrogens is 824 g/mol. The van der Waals surface area contributed by atoms with Crippen molar-refractivity contribution >= 4 is 72.3 Å². The van der Waals surface area contributed by atoms with Gasteiger partial charge >= 0.3 is 6.18 Å². The van der Waals surface area contributed by atoms with Gasteiger partial charge in [-0.2, -0.15) is 31.0 Å². The second kappa shape index (κ2) is 18.6. The van der Waals surface area contributed by atoms with Gasteiger partial charge in [-0.1, -0.05) is 47.5 Å². The molecule has 5 N–H and O–H groups in total. The maximum absolute atomic E-state index is 13.9. The van der Waals surface area contributed by atoms with Crippen molar-refractivity contribution in [3.05, 3.63) is 98.7 Å². The Kier molecular flexibility index (Phi) is 14.7. The third kappa shape index (κ3) is 11.5. The van der Waals surface area contributed by atoms with Crippen LogP contribution in [0.3, 0.4) is 0 Å². The molecule has 0 saturated carbocycles. The van der Waals surface area contributed by atoms with Gasteiger partial charge in [0.25, 0.3) is 16.0 Å². The zero-order valence-corrected chi connectivity index (χ0v) is 33.0. The summed E-state index contributed by atoms with van der Waals surface area (Å²) in [5.74, 6) is 4.36. The number of nitrogens with one attached hydrogen (secondary N) is 2. The van der Waals surface area contributed by atoms with Gasteiger partial charge in [-0.15, -0.1) is 0 Å². The summed E-state index contributed by atoms with van der Waals surface area (Å²) >= 11 is 13.0. The predicted molar refractivity (Wildman–Crippen MR) is 205 cm³/mol. The molecule has 1 atom stereocenters. The van der Waals surface area contributed by atoms with E-state index in [1.807, 2.05) is 0 Å². The summed E-state index contributed by atoms with van der Waals surface area (Å²) in [6, 6.07) is 13.3. The molecule has 302 valence electrons. The molecule has 4 aromatic rings. The third-order valence-corrected chi connectivity index (χ3v) is 11.0. The summed E-state index contributed by atoms with van der Waals surface area (Å²) < 4.78 is 102. The number of carbonyl (C=O) groups is 2. The average Bonchev–Trinajstić information content (AvgIpc) is 3.62. The van der Waals surface area contributed by atoms with Gasteiger partial charge in [0.2, 0.25) is 15.9 Å². The van der Waals surface area contributed by atoms with Crippen LogP contribution in [-0.4, -0.2) is 80.6 Å². The van der Waals surface area contributed by atoms with Crippen LogP contribution in [0.15, 0.2) is 70.7 Å². The molecular formula is C35H37Cl2F3N6O8S2. The number of hydrogen-bond acceptors (Lipinski definition) is 10. The number of benzene rings is 3. The van der Waals surface area contributed by atoms with Crippen molar-refractivity contribution in [2.24, 2.45) is 10.9 Å². The number of hydrogen-bond donors (Lipinski definition) is 4. The van der Waals surface area contributed by atoms with Crippen LogP contribution in [-0.2, 0) is 37.7 Å². The molecule has 1 aromatic heterocycles. The number of nitrogens with zero attached hydrogens (tertiary/aromatic N) is 3. The Morgan fingerprint density at radius 3 is 2.38 bits per heavy atom. The molecule has 1 aliphatic rings. The van der Waals surface area contributed by atoms with E-state index in [1.165, 1.54) is 43.5 Å². The normalized spacial score (nSPS) is 15.0. The van der Waals surface area contributed by atoms with Gasteiger partial charge < -0.3 is 21.2 Å². The Morgan fingerprint density at radius 2 is 1.73 bits per heavy atom. The van der Waals surface area contributed by atoms with Gasteiger partial charge in [0.1, 0.15) is 28.8 Å². The molecule has 3 aromatic carbocycles. The van der Waals surface area contributed by atoms with Gasteiger partial charge in [-0.3, -0.25) is 14.1 Å². The molecule has 2 heterocycles. The number of rotatable bonds is 12. The molecule has 21 heteroatoms. The van der Waals surface area contributed by atoms with E-state index >= 15 is 0 Å². The number of amides is 2. The first-order valence-corrected chi connectivity index (χ1v) is 20.7. The van der Waals surface area contributed by atoms with Gasteiger partial charge in [0.15, 0.2) is 0 Å². The smallest absolute Gasteiger partial charge is 0.417 e. The molecule has 0 spiro atoms. The van der Waals surface area contributed by atoms with E-state index in [2.05, 4.69) is 20.7 Å². The number of fused-ring (bicyclic) bond motifs is 1. The molecule has 1 saturated heterocycles. The third-order valence-electron chi connectivity index (χ3n) is 8.19. The molecule has 2 amide bonds. The highest BCUT2D eigenvalue weighted by molar-refractivity contribution is 7.89. The maximum Gasteiger partial charge on any atom is 0.417 e. The highest BCUT2D eigenvalue weighted by atomic mass is 35.5. The quantitative estimate of drug-likeness (QED) is 0.0473. The molecule has 56 heavy (non-hydrogen) atoms. The van der Waals surface area contributed by atoms with Crippen LogP contribution in [0.25, 0.3) is 10.9 Å². The first-order chi connectivity index (χ1) is 26.2. The number of halogens is 5. The van der Waals surface area contributed by atoms with E-state index in [1.54, 1.807) is 24.3 Å². The lowest BCUT2D eigenvalue weighted by molar-refractivity contribution is -0.136. The van der Waals surface area contributed by atoms with Crippen LogP contribution in [0.2, 0.25) is 10.0 Å². The zero-order chi connectivity index (χ0) is 41.4. The summed E-state index contributed by atoms with van der Waals surface area (Å²) in [5, 5.41) is 8.60. The van der Waals surface area contributed by atoms with E-state index in [9.17, 15) is 39.6 Å². The molecule has 1 fully saturated rings. The average molecular weight is 862 g/mol. The van der Waals surface area contributed by atoms with Crippen LogP contribution in [0, 0.1) is 6.92 Å². The predicted octanol–water partition coefficient (Wildman–Crippen LogP) is 5.33. The summed E-state index contributed by atoms with van der Waals surface area (Å²) in [4.78, 5) is 29.5. The first kappa shape index (κ1) is 44.2. The number of pyridine rings is 1. The van der Waals surface area contributed by atoms with Gasteiger partial charge in [0.05, 0.1) is 23.1 Å². The summed E-state index contributed by atoms with van der Waals surface area (Å²) in [5.41, 5.74) is 0.499. The van der Waals surface area contributed by atoms with E-state index < -0.39 is 43.8 Å². The molecule has 0 aliphatic carbocycles. The maximum atomic E-state index is 13.9. The van der Waals surface area contributed by atoms with Crippen LogP contribution < -0.4 is 21.2 Å². The van der Waals surface area contributed by atoms with Crippen molar-refractivity contribution in [2.45, 2.75) is 49.9 Å². The number of aromatic nitrogens is 1. The zero-order valence-electron chi connectivity index (χ0n) is 29.8. The van der Waals surface area contributed by atoms with Gasteiger partial charge in [-0.05, 0) is 68.1 Å². The van der Waals surface area contributed by atoms with Crippen LogP contribution in [0.5, 0.6) is 5.75 Å². The Balaban J connectivity index is 0.00000131. The fraction of sp³-hybridized carbons (Fsp3) is 0.314. The minimum absolute atomic E-state index is 0.0188. The number of aryl methyl sites for hydroxylation is 1. The van der Waals surface area contributed by atoms with Crippen LogP contribution in [0.1, 0.15) is 52.0 Å². The van der Waals surface area contributed by atoms with Crippen molar-refractivity contribution in [1.82, 2.24) is 19.9 Å². The van der Waals surface area contributed by atoms with Gasteiger partial charge in [0, 0.05) is 46.9 Å². The van der Waals surface area contributed by atoms with E-state index in [-0.39, 0.29) is 81.4 Å². The number of para-hydroxylation sites is 1. The lowest BCUT2D eigenvalue weighted by Crippen LogP contribution is -2.46. The van der Waals surface area contributed by atoms with Crippen molar-refractivity contribution in [1.29, 1.82) is 0 Å². The number of carbonyl (C=O) groups excluding carboxylic acids is 2. The SMILES string of the molecule is CS(=O)(=O)O.Cc1cc(C(F)(F)F)c2cccc(OCc3c(Cl)ccc(S(=O)(=O)N4CCC[C@H]4C(=O)NCCCNC(=O)c4ccc(C=NN)cc4)c3Cl)c2n1. The molecule has 0 radical (unpaired) electrons. The summed E-state index contributed by atoms with van der Waals surface area (Å²) in [6.07, 6.45) is -1.36. The molecule has 5 rings (SSSR count). The van der Waals surface area contributed by atoms with Crippen molar-refractivity contribution in [2.75, 3.05) is 25.9 Å². The lowest BCUT2D eigenvalue weighted by atomic mass is 10.1. The van der Waals surface area contributed by atoms with Crippen LogP contribution >= 0.6 is 23.2 Å². The van der Waals surface area contributed by atoms with Crippen molar-refractivity contribution < 1.29 is 48.9 Å². The molecule has 14 nitrogen and oxygen atoms in total. The Bertz CT molecular complexity index is 2320. The largest absolute Gasteiger partial charge is 0.487 e. The fourth-order valence-corrected chi connectivity index (χ4v) is 8.22. The molecule has 0 bridgehead atoms. The standard InChI is InChI=1S/C34H33Cl2F3N6O5S.CH4O3S/c1-20-17-25(34(37,38)39)23-5-2-7-28(31(23)44-20)50-19-24-26(35)12-13-29(30(24)36)51(48,49)45-16-3-6-27(45)33(47)42-15-4-14-41-32(46)22-10-8-21(9-11-22)18-43-40;1-5(2,3)4/h2,5,7-13,17-18,27H,3-4,6,14-16,19,40H2,1H3,(H,41,46)(H,42,47);1H3,(H,2,3,4)/t27-;/m0./s1. The second-order valence-electron chi connectivity index (χ2n) is 12.4. The Morgan fingerprint density at radius 1 is 1.07 bits per heavy atom.